The summed E-state index contributed by atoms with van der Waals surface area (Å²) < 4.78 is 4.89. The van der Waals surface area contributed by atoms with Gasteiger partial charge in [0.15, 0.2) is 0 Å². The second kappa shape index (κ2) is 2.39. The Morgan fingerprint density at radius 3 is 2.80 bits per heavy atom. The van der Waals surface area contributed by atoms with Crippen molar-refractivity contribution in [2.24, 2.45) is 17.8 Å². The summed E-state index contributed by atoms with van der Waals surface area (Å²) in [5.41, 5.74) is 0. The fourth-order valence-electron chi connectivity index (χ4n) is 2.24. The maximum absolute atomic E-state index is 4.89. The van der Waals surface area contributed by atoms with E-state index in [2.05, 4.69) is 19.3 Å². The highest BCUT2D eigenvalue weighted by atomic mass is 16.5. The first-order chi connectivity index (χ1) is 4.90. The highest BCUT2D eigenvalue weighted by Gasteiger charge is 2.35. The van der Waals surface area contributed by atoms with Gasteiger partial charge in [0.2, 0.25) is 0 Å². The molecule has 0 saturated heterocycles. The summed E-state index contributed by atoms with van der Waals surface area (Å²) in [5, 5.41) is 0. The average Bonchev–Trinajstić information content (AvgIpc) is 2.48. The van der Waals surface area contributed by atoms with Gasteiger partial charge in [0.25, 0.3) is 0 Å². The average molecular weight is 137 g/mol. The van der Waals surface area contributed by atoms with Gasteiger partial charge in [0.05, 0.1) is 13.7 Å². The van der Waals surface area contributed by atoms with Crippen LogP contribution in [0.15, 0.2) is 12.2 Å². The Bertz CT molecular complexity index is 151. The van der Waals surface area contributed by atoms with Gasteiger partial charge < -0.3 is 4.74 Å². The Morgan fingerprint density at radius 1 is 1.40 bits per heavy atom. The van der Waals surface area contributed by atoms with Crippen molar-refractivity contribution < 1.29 is 4.74 Å². The van der Waals surface area contributed by atoms with Crippen molar-refractivity contribution in [2.75, 3.05) is 6.61 Å². The molecule has 0 amide bonds. The molecule has 1 fully saturated rings. The van der Waals surface area contributed by atoms with E-state index in [9.17, 15) is 0 Å². The molecular formula is C9H13O. The summed E-state index contributed by atoms with van der Waals surface area (Å²) in [7, 11) is 3.41. The van der Waals surface area contributed by atoms with Crippen molar-refractivity contribution in [1.82, 2.24) is 0 Å². The van der Waals surface area contributed by atoms with Crippen LogP contribution in [0.5, 0.6) is 0 Å². The number of rotatable bonds is 2. The summed E-state index contributed by atoms with van der Waals surface area (Å²) in [6.45, 7) is 0.853. The number of fused-ring (bicyclic) bond motifs is 2. The van der Waals surface area contributed by atoms with E-state index in [1.165, 1.54) is 12.8 Å². The first kappa shape index (κ1) is 6.41. The molecular weight excluding hydrogens is 124 g/mol. The third kappa shape index (κ3) is 0.891. The lowest BCUT2D eigenvalue weighted by Gasteiger charge is -2.15. The van der Waals surface area contributed by atoms with Crippen molar-refractivity contribution in [1.29, 1.82) is 0 Å². The molecule has 0 aliphatic heterocycles. The van der Waals surface area contributed by atoms with E-state index in [0.29, 0.717) is 0 Å². The standard InChI is InChI=1S/C9H13O/c1-10-6-9-5-7-2-3-8(9)4-7/h2-3,7-9H,1,4-6H2. The second-order valence-electron chi connectivity index (χ2n) is 3.41. The molecule has 0 aromatic rings. The van der Waals surface area contributed by atoms with Gasteiger partial charge in [0, 0.05) is 0 Å². The van der Waals surface area contributed by atoms with Gasteiger partial charge in [-0.25, -0.2) is 0 Å². The third-order valence-corrected chi connectivity index (χ3v) is 2.75. The van der Waals surface area contributed by atoms with Crippen molar-refractivity contribution in [3.05, 3.63) is 19.3 Å². The maximum Gasteiger partial charge on any atom is 0.0700 e. The number of hydrogen-bond donors (Lipinski definition) is 0. The Labute approximate surface area is 62.1 Å². The van der Waals surface area contributed by atoms with E-state index in [0.717, 1.165) is 24.4 Å². The molecule has 0 N–H and O–H groups in total. The van der Waals surface area contributed by atoms with Crippen LogP contribution in [0.25, 0.3) is 0 Å². The monoisotopic (exact) mass is 137 g/mol. The SMILES string of the molecule is [CH2]OCC1CC2C=CC1C2. The Hall–Kier alpha value is -0.300. The number of allylic oxidation sites excluding steroid dienone is 2. The van der Waals surface area contributed by atoms with E-state index >= 15 is 0 Å². The molecule has 10 heavy (non-hydrogen) atoms. The van der Waals surface area contributed by atoms with Gasteiger partial charge in [0.1, 0.15) is 0 Å². The van der Waals surface area contributed by atoms with Crippen LogP contribution in [0.1, 0.15) is 12.8 Å². The Morgan fingerprint density at radius 2 is 2.30 bits per heavy atom. The molecule has 2 rings (SSSR count). The highest BCUT2D eigenvalue weighted by molar-refractivity contribution is 5.09. The van der Waals surface area contributed by atoms with E-state index in [1.54, 1.807) is 0 Å². The zero-order valence-corrected chi connectivity index (χ0v) is 6.12. The van der Waals surface area contributed by atoms with Crippen LogP contribution in [-0.2, 0) is 4.74 Å². The Kier molecular flexibility index (Phi) is 1.53. The summed E-state index contributed by atoms with van der Waals surface area (Å²) in [6, 6.07) is 0. The van der Waals surface area contributed by atoms with Crippen LogP contribution >= 0.6 is 0 Å². The molecule has 0 spiro atoms. The van der Waals surface area contributed by atoms with Crippen LogP contribution < -0.4 is 0 Å². The lowest BCUT2D eigenvalue weighted by Crippen LogP contribution is -2.12. The smallest absolute Gasteiger partial charge is 0.0700 e. The van der Waals surface area contributed by atoms with Gasteiger partial charge >= 0.3 is 0 Å². The largest absolute Gasteiger partial charge is 0.379 e. The van der Waals surface area contributed by atoms with Crippen LogP contribution in [-0.4, -0.2) is 6.61 Å². The molecule has 2 aliphatic rings. The molecule has 2 bridgehead atoms. The molecule has 55 valence electrons. The van der Waals surface area contributed by atoms with Crippen molar-refractivity contribution in [2.45, 2.75) is 12.8 Å². The van der Waals surface area contributed by atoms with E-state index in [-0.39, 0.29) is 0 Å². The van der Waals surface area contributed by atoms with E-state index in [4.69, 9.17) is 4.74 Å². The van der Waals surface area contributed by atoms with Crippen molar-refractivity contribution in [3.8, 4) is 0 Å². The normalized spacial score (nSPS) is 43.1. The van der Waals surface area contributed by atoms with Gasteiger partial charge in [-0.1, -0.05) is 12.2 Å². The van der Waals surface area contributed by atoms with Crippen LogP contribution in [0.4, 0.5) is 0 Å². The molecule has 0 aromatic heterocycles. The maximum atomic E-state index is 4.89. The van der Waals surface area contributed by atoms with Crippen molar-refractivity contribution >= 4 is 0 Å². The predicted octanol–water partition coefficient (Wildman–Crippen LogP) is 2.01. The van der Waals surface area contributed by atoms with E-state index in [1.807, 2.05) is 0 Å². The van der Waals surface area contributed by atoms with Crippen LogP contribution in [0, 0.1) is 24.9 Å². The van der Waals surface area contributed by atoms with Crippen LogP contribution in [0.3, 0.4) is 0 Å². The molecule has 1 saturated carbocycles. The summed E-state index contributed by atoms with van der Waals surface area (Å²) >= 11 is 0. The summed E-state index contributed by atoms with van der Waals surface area (Å²) in [5.74, 6) is 2.45. The quantitative estimate of drug-likeness (QED) is 0.529. The molecule has 1 radical (unpaired) electrons. The molecule has 0 aromatic carbocycles. The lowest BCUT2D eigenvalue weighted by molar-refractivity contribution is 0.173. The minimum absolute atomic E-state index is 0.771. The lowest BCUT2D eigenvalue weighted by atomic mass is 9.95. The molecule has 2 aliphatic carbocycles. The first-order valence-corrected chi connectivity index (χ1v) is 3.95. The number of ether oxygens (including phenoxy) is 1. The minimum atomic E-state index is 0.771. The molecule has 1 heteroatoms. The van der Waals surface area contributed by atoms with Gasteiger partial charge in [-0.2, -0.15) is 0 Å². The molecule has 3 unspecified atom stereocenters. The van der Waals surface area contributed by atoms with Crippen molar-refractivity contribution in [3.63, 3.8) is 0 Å². The second-order valence-corrected chi connectivity index (χ2v) is 3.41. The van der Waals surface area contributed by atoms with Crippen LogP contribution in [0.2, 0.25) is 0 Å². The third-order valence-electron chi connectivity index (χ3n) is 2.75. The highest BCUT2D eigenvalue weighted by Crippen LogP contribution is 2.43. The van der Waals surface area contributed by atoms with Gasteiger partial charge in [-0.05, 0) is 30.6 Å². The molecule has 1 nitrogen and oxygen atoms in total. The fraction of sp³-hybridized carbons (Fsp3) is 0.667. The fourth-order valence-corrected chi connectivity index (χ4v) is 2.24. The zero-order chi connectivity index (χ0) is 6.97. The zero-order valence-electron chi connectivity index (χ0n) is 6.12. The first-order valence-electron chi connectivity index (χ1n) is 3.95. The predicted molar refractivity (Wildman–Crippen MR) is 40.2 cm³/mol. The van der Waals surface area contributed by atoms with Gasteiger partial charge in [-0.3, -0.25) is 0 Å². The molecule has 0 heterocycles. The van der Waals surface area contributed by atoms with E-state index < -0.39 is 0 Å². The molecule has 3 atom stereocenters. The summed E-state index contributed by atoms with van der Waals surface area (Å²) in [4.78, 5) is 0. The Balaban J connectivity index is 1.96. The summed E-state index contributed by atoms with van der Waals surface area (Å²) in [6.07, 6.45) is 7.40. The van der Waals surface area contributed by atoms with Gasteiger partial charge in [-0.15, -0.1) is 0 Å². The number of hydrogen-bond acceptors (Lipinski definition) is 1. The minimum Gasteiger partial charge on any atom is -0.379 e. The topological polar surface area (TPSA) is 9.23 Å².